The fourth-order valence-corrected chi connectivity index (χ4v) is 2.23. The molecule has 0 bridgehead atoms. The van der Waals surface area contributed by atoms with E-state index in [0.717, 1.165) is 28.2 Å². The van der Waals surface area contributed by atoms with Gasteiger partial charge in [0.25, 0.3) is 0 Å². The largest absolute Gasteiger partial charge is 0.338 e. The van der Waals surface area contributed by atoms with Gasteiger partial charge in [-0.05, 0) is 24.1 Å². The summed E-state index contributed by atoms with van der Waals surface area (Å²) in [6.45, 7) is 2.65. The van der Waals surface area contributed by atoms with Crippen LogP contribution >= 0.6 is 0 Å². The maximum atomic E-state index is 5.61. The Labute approximate surface area is 118 Å². The molecule has 3 aromatic rings. The first kappa shape index (κ1) is 12.6. The number of benzene rings is 2. The molecule has 0 aliphatic rings. The van der Waals surface area contributed by atoms with Crippen LogP contribution in [-0.4, -0.2) is 9.97 Å². The summed E-state index contributed by atoms with van der Waals surface area (Å²) in [6, 6.07) is 16.5. The van der Waals surface area contributed by atoms with E-state index in [1.807, 2.05) is 30.5 Å². The third-order valence-electron chi connectivity index (χ3n) is 3.37. The highest BCUT2D eigenvalue weighted by Crippen LogP contribution is 2.23. The molecule has 0 aliphatic carbocycles. The Morgan fingerprint density at radius 2 is 1.85 bits per heavy atom. The second-order valence-corrected chi connectivity index (χ2v) is 4.92. The lowest BCUT2D eigenvalue weighted by Crippen LogP contribution is -1.95. The van der Waals surface area contributed by atoms with Gasteiger partial charge in [0, 0.05) is 12.1 Å². The van der Waals surface area contributed by atoms with Crippen LogP contribution in [0.1, 0.15) is 11.1 Å². The molecule has 3 heteroatoms. The molecule has 20 heavy (non-hydrogen) atoms. The van der Waals surface area contributed by atoms with Crippen LogP contribution in [0.25, 0.3) is 22.6 Å². The number of H-pyrrole nitrogens is 1. The van der Waals surface area contributed by atoms with Crippen LogP contribution < -0.4 is 5.73 Å². The minimum Gasteiger partial charge on any atom is -0.338 e. The first-order valence-corrected chi connectivity index (χ1v) is 6.68. The Bertz CT molecular complexity index is 711. The van der Waals surface area contributed by atoms with Crippen molar-refractivity contribution in [2.24, 2.45) is 5.73 Å². The average molecular weight is 263 g/mol. The van der Waals surface area contributed by atoms with Crippen LogP contribution in [0.2, 0.25) is 0 Å². The van der Waals surface area contributed by atoms with Crippen molar-refractivity contribution in [2.45, 2.75) is 13.5 Å². The first-order chi connectivity index (χ1) is 9.76. The van der Waals surface area contributed by atoms with Crippen LogP contribution in [0, 0.1) is 6.92 Å². The third-order valence-corrected chi connectivity index (χ3v) is 3.37. The lowest BCUT2D eigenvalue weighted by atomic mass is 10.1. The van der Waals surface area contributed by atoms with Crippen molar-refractivity contribution in [1.29, 1.82) is 0 Å². The van der Waals surface area contributed by atoms with Gasteiger partial charge in [0.1, 0.15) is 5.82 Å². The molecule has 1 heterocycles. The van der Waals surface area contributed by atoms with E-state index >= 15 is 0 Å². The van der Waals surface area contributed by atoms with Crippen molar-refractivity contribution in [3.8, 4) is 22.6 Å². The zero-order chi connectivity index (χ0) is 13.9. The highest BCUT2D eigenvalue weighted by atomic mass is 14.9. The quantitative estimate of drug-likeness (QED) is 0.759. The molecule has 0 spiro atoms. The van der Waals surface area contributed by atoms with Crippen molar-refractivity contribution in [3.05, 3.63) is 65.9 Å². The van der Waals surface area contributed by atoms with Gasteiger partial charge in [0.05, 0.1) is 11.9 Å². The second-order valence-electron chi connectivity index (χ2n) is 4.92. The van der Waals surface area contributed by atoms with Gasteiger partial charge < -0.3 is 10.7 Å². The molecule has 0 radical (unpaired) electrons. The van der Waals surface area contributed by atoms with Crippen LogP contribution in [-0.2, 0) is 6.54 Å². The standard InChI is InChI=1S/C17H17N3/c1-12-3-2-4-15(9-12)16-11-19-17(20-16)14-7-5-13(10-18)6-8-14/h2-9,11H,10,18H2,1H3,(H,19,20). The smallest absolute Gasteiger partial charge is 0.137 e. The van der Waals surface area contributed by atoms with Crippen LogP contribution in [0.3, 0.4) is 0 Å². The summed E-state index contributed by atoms with van der Waals surface area (Å²) in [7, 11) is 0. The van der Waals surface area contributed by atoms with Gasteiger partial charge in [-0.15, -0.1) is 0 Å². The highest BCUT2D eigenvalue weighted by Gasteiger charge is 2.05. The molecule has 0 saturated carbocycles. The van der Waals surface area contributed by atoms with Crippen molar-refractivity contribution < 1.29 is 0 Å². The summed E-state index contributed by atoms with van der Waals surface area (Å²) in [4.78, 5) is 7.83. The summed E-state index contributed by atoms with van der Waals surface area (Å²) >= 11 is 0. The lowest BCUT2D eigenvalue weighted by molar-refractivity contribution is 1.07. The van der Waals surface area contributed by atoms with E-state index in [9.17, 15) is 0 Å². The molecule has 0 atom stereocenters. The summed E-state index contributed by atoms with van der Waals surface area (Å²) in [5, 5.41) is 0. The van der Waals surface area contributed by atoms with Gasteiger partial charge in [-0.1, -0.05) is 48.0 Å². The number of nitrogens with zero attached hydrogens (tertiary/aromatic N) is 1. The monoisotopic (exact) mass is 263 g/mol. The van der Waals surface area contributed by atoms with Gasteiger partial charge in [-0.3, -0.25) is 0 Å². The Balaban J connectivity index is 1.93. The van der Waals surface area contributed by atoms with Gasteiger partial charge in [-0.2, -0.15) is 0 Å². The van der Waals surface area contributed by atoms with Crippen molar-refractivity contribution >= 4 is 0 Å². The number of aromatic amines is 1. The van der Waals surface area contributed by atoms with Gasteiger partial charge in [0.15, 0.2) is 0 Å². The molecule has 0 aliphatic heterocycles. The fraction of sp³-hybridized carbons (Fsp3) is 0.118. The third kappa shape index (κ3) is 2.49. The Morgan fingerprint density at radius 3 is 2.55 bits per heavy atom. The molecular formula is C17H17N3. The van der Waals surface area contributed by atoms with Crippen molar-refractivity contribution in [2.75, 3.05) is 0 Å². The number of nitrogens with two attached hydrogens (primary N) is 1. The van der Waals surface area contributed by atoms with Crippen LogP contribution in [0.15, 0.2) is 54.7 Å². The van der Waals surface area contributed by atoms with Gasteiger partial charge in [-0.25, -0.2) is 4.98 Å². The number of aromatic nitrogens is 2. The summed E-state index contributed by atoms with van der Waals surface area (Å²) in [6.07, 6.45) is 1.88. The van der Waals surface area contributed by atoms with E-state index in [4.69, 9.17) is 5.73 Å². The summed E-state index contributed by atoms with van der Waals surface area (Å²) < 4.78 is 0. The number of hydrogen-bond donors (Lipinski definition) is 2. The topological polar surface area (TPSA) is 54.7 Å². The zero-order valence-electron chi connectivity index (χ0n) is 11.4. The highest BCUT2D eigenvalue weighted by molar-refractivity contribution is 5.65. The summed E-state index contributed by atoms with van der Waals surface area (Å²) in [5.74, 6) is 0.880. The zero-order valence-corrected chi connectivity index (χ0v) is 11.4. The molecule has 0 unspecified atom stereocenters. The number of imidazole rings is 1. The Hall–Kier alpha value is -2.39. The maximum absolute atomic E-state index is 5.61. The predicted molar refractivity (Wildman–Crippen MR) is 82.1 cm³/mol. The molecule has 1 aromatic heterocycles. The summed E-state index contributed by atoms with van der Waals surface area (Å²) in [5.41, 5.74) is 11.2. The van der Waals surface area contributed by atoms with E-state index in [1.165, 1.54) is 5.56 Å². The van der Waals surface area contributed by atoms with Crippen molar-refractivity contribution in [1.82, 2.24) is 9.97 Å². The minimum atomic E-state index is 0.562. The Kier molecular flexibility index (Phi) is 3.35. The molecule has 100 valence electrons. The maximum Gasteiger partial charge on any atom is 0.137 e. The average Bonchev–Trinajstić information content (AvgIpc) is 2.97. The minimum absolute atomic E-state index is 0.562. The Morgan fingerprint density at radius 1 is 1.05 bits per heavy atom. The molecular weight excluding hydrogens is 246 g/mol. The fourth-order valence-electron chi connectivity index (χ4n) is 2.23. The first-order valence-electron chi connectivity index (χ1n) is 6.68. The molecule has 0 fully saturated rings. The SMILES string of the molecule is Cc1cccc(-c2cnc(-c3ccc(CN)cc3)[nH]2)c1. The van der Waals surface area contributed by atoms with E-state index in [-0.39, 0.29) is 0 Å². The number of hydrogen-bond acceptors (Lipinski definition) is 2. The second kappa shape index (κ2) is 5.31. The van der Waals surface area contributed by atoms with E-state index in [2.05, 4.69) is 41.2 Å². The molecule has 0 saturated heterocycles. The molecule has 3 nitrogen and oxygen atoms in total. The lowest BCUT2D eigenvalue weighted by Gasteiger charge is -2.01. The van der Waals surface area contributed by atoms with E-state index in [0.29, 0.717) is 6.54 Å². The van der Waals surface area contributed by atoms with Crippen LogP contribution in [0.4, 0.5) is 0 Å². The van der Waals surface area contributed by atoms with Crippen LogP contribution in [0.5, 0.6) is 0 Å². The number of aryl methyl sites for hydroxylation is 1. The van der Waals surface area contributed by atoms with Crippen molar-refractivity contribution in [3.63, 3.8) is 0 Å². The number of nitrogens with one attached hydrogen (secondary N) is 1. The molecule has 2 aromatic carbocycles. The van der Waals surface area contributed by atoms with E-state index in [1.54, 1.807) is 0 Å². The normalized spacial score (nSPS) is 10.7. The number of rotatable bonds is 3. The van der Waals surface area contributed by atoms with E-state index < -0.39 is 0 Å². The van der Waals surface area contributed by atoms with Gasteiger partial charge >= 0.3 is 0 Å². The predicted octanol–water partition coefficient (Wildman–Crippen LogP) is 3.51. The molecule has 0 amide bonds. The molecule has 3 rings (SSSR count). The van der Waals surface area contributed by atoms with Gasteiger partial charge in [0.2, 0.25) is 0 Å². The molecule has 3 N–H and O–H groups in total.